The number of ether oxygens (including phenoxy) is 2. The summed E-state index contributed by atoms with van der Waals surface area (Å²) in [5, 5.41) is 2.74. The summed E-state index contributed by atoms with van der Waals surface area (Å²) < 4.78 is 11.5. The summed E-state index contributed by atoms with van der Waals surface area (Å²) in [5.41, 5.74) is 6.06. The number of carbonyl (C=O) groups excluding carboxylic acids is 2. The molecule has 7 heteroatoms. The van der Waals surface area contributed by atoms with Crippen LogP contribution in [-0.4, -0.2) is 42.3 Å². The van der Waals surface area contributed by atoms with Gasteiger partial charge in [-0.1, -0.05) is 0 Å². The smallest absolute Gasteiger partial charge is 0.354 e. The Balaban J connectivity index is 2.10. The normalized spacial score (nSPS) is 17.6. The van der Waals surface area contributed by atoms with Gasteiger partial charge >= 0.3 is 5.97 Å². The molecule has 7 nitrogen and oxygen atoms in total. The summed E-state index contributed by atoms with van der Waals surface area (Å²) in [6.45, 7) is 0.957. The van der Waals surface area contributed by atoms with Crippen LogP contribution in [0.3, 0.4) is 0 Å². The van der Waals surface area contributed by atoms with Crippen LogP contribution >= 0.6 is 0 Å². The van der Waals surface area contributed by atoms with E-state index in [1.807, 2.05) is 0 Å². The Hall–Kier alpha value is -1.86. The van der Waals surface area contributed by atoms with Crippen molar-refractivity contribution in [1.82, 2.24) is 4.57 Å². The summed E-state index contributed by atoms with van der Waals surface area (Å²) >= 11 is 0. The van der Waals surface area contributed by atoms with E-state index in [2.05, 4.69) is 10.1 Å². The quantitative estimate of drug-likeness (QED) is 0.775. The minimum atomic E-state index is -0.917. The van der Waals surface area contributed by atoms with Gasteiger partial charge in [-0.25, -0.2) is 4.79 Å². The lowest BCUT2D eigenvalue weighted by molar-refractivity contribution is -0.124. The SMILES string of the molecule is COC(=O)c1cc(NC(=O)C2(N)CCOCC2)cn1C. The summed E-state index contributed by atoms with van der Waals surface area (Å²) in [6.07, 6.45) is 2.61. The van der Waals surface area contributed by atoms with E-state index in [9.17, 15) is 9.59 Å². The molecule has 0 atom stereocenters. The van der Waals surface area contributed by atoms with Gasteiger partial charge in [-0.3, -0.25) is 4.79 Å². The molecule has 1 amide bonds. The van der Waals surface area contributed by atoms with Gasteiger partial charge < -0.3 is 25.1 Å². The number of anilines is 1. The van der Waals surface area contributed by atoms with E-state index in [1.54, 1.807) is 23.9 Å². The number of nitrogens with zero attached hydrogens (tertiary/aromatic N) is 1. The highest BCUT2D eigenvalue weighted by molar-refractivity contribution is 5.99. The van der Waals surface area contributed by atoms with Gasteiger partial charge in [0.25, 0.3) is 0 Å². The van der Waals surface area contributed by atoms with E-state index in [0.717, 1.165) is 0 Å². The van der Waals surface area contributed by atoms with Crippen molar-refractivity contribution in [3.05, 3.63) is 18.0 Å². The van der Waals surface area contributed by atoms with Crippen LogP contribution in [0.1, 0.15) is 23.3 Å². The Morgan fingerprint density at radius 1 is 1.45 bits per heavy atom. The van der Waals surface area contributed by atoms with Gasteiger partial charge in [-0.15, -0.1) is 0 Å². The molecule has 0 aliphatic carbocycles. The molecule has 1 aliphatic heterocycles. The predicted molar refractivity (Wildman–Crippen MR) is 72.4 cm³/mol. The largest absolute Gasteiger partial charge is 0.464 e. The van der Waals surface area contributed by atoms with Crippen molar-refractivity contribution in [2.75, 3.05) is 25.6 Å². The van der Waals surface area contributed by atoms with Gasteiger partial charge in [0.05, 0.1) is 12.8 Å². The minimum Gasteiger partial charge on any atom is -0.464 e. The lowest BCUT2D eigenvalue weighted by Crippen LogP contribution is -2.54. The molecule has 1 saturated heterocycles. The molecule has 0 bridgehead atoms. The van der Waals surface area contributed by atoms with Crippen LogP contribution in [-0.2, 0) is 21.3 Å². The van der Waals surface area contributed by atoms with E-state index >= 15 is 0 Å². The van der Waals surface area contributed by atoms with Crippen LogP contribution < -0.4 is 11.1 Å². The van der Waals surface area contributed by atoms with Crippen molar-refractivity contribution in [2.45, 2.75) is 18.4 Å². The van der Waals surface area contributed by atoms with Crippen LogP contribution in [0.15, 0.2) is 12.3 Å². The molecule has 0 saturated carbocycles. The van der Waals surface area contributed by atoms with Crippen LogP contribution in [0.2, 0.25) is 0 Å². The molecule has 0 spiro atoms. The van der Waals surface area contributed by atoms with Crippen LogP contribution in [0, 0.1) is 0 Å². The number of esters is 1. The Morgan fingerprint density at radius 3 is 2.70 bits per heavy atom. The number of amides is 1. The van der Waals surface area contributed by atoms with E-state index in [0.29, 0.717) is 37.4 Å². The van der Waals surface area contributed by atoms with E-state index in [-0.39, 0.29) is 5.91 Å². The summed E-state index contributed by atoms with van der Waals surface area (Å²) in [6, 6.07) is 1.56. The van der Waals surface area contributed by atoms with Crippen LogP contribution in [0.25, 0.3) is 0 Å². The van der Waals surface area contributed by atoms with Crippen molar-refractivity contribution in [3.63, 3.8) is 0 Å². The predicted octanol–water partition coefficient (Wildman–Crippen LogP) is 0.258. The molecule has 0 aromatic carbocycles. The molecule has 110 valence electrons. The first-order valence-corrected chi connectivity index (χ1v) is 6.39. The molecule has 0 radical (unpaired) electrons. The molecule has 3 N–H and O–H groups in total. The number of aryl methyl sites for hydroxylation is 1. The highest BCUT2D eigenvalue weighted by atomic mass is 16.5. The number of rotatable bonds is 3. The third-order valence-electron chi connectivity index (χ3n) is 3.49. The number of aromatic nitrogens is 1. The Morgan fingerprint density at radius 2 is 2.10 bits per heavy atom. The standard InChI is InChI=1S/C13H19N3O4/c1-16-8-9(7-10(16)11(17)19-2)15-12(18)13(14)3-5-20-6-4-13/h7-8H,3-6,14H2,1-2H3,(H,15,18). The first-order chi connectivity index (χ1) is 9.46. The summed E-state index contributed by atoms with van der Waals surface area (Å²) in [5.74, 6) is -0.718. The van der Waals surface area contributed by atoms with Gasteiger partial charge in [-0.05, 0) is 18.9 Å². The highest BCUT2D eigenvalue weighted by Crippen LogP contribution is 2.21. The van der Waals surface area contributed by atoms with E-state index in [1.165, 1.54) is 7.11 Å². The van der Waals surface area contributed by atoms with Gasteiger partial charge in [0.1, 0.15) is 11.2 Å². The number of carbonyl (C=O) groups is 2. The zero-order chi connectivity index (χ0) is 14.8. The maximum absolute atomic E-state index is 12.2. The van der Waals surface area contributed by atoms with Gasteiger partial charge in [0.2, 0.25) is 5.91 Å². The fraction of sp³-hybridized carbons (Fsp3) is 0.538. The molecule has 1 aromatic heterocycles. The zero-order valence-electron chi connectivity index (χ0n) is 11.6. The molecule has 2 rings (SSSR count). The average molecular weight is 281 g/mol. The monoisotopic (exact) mass is 281 g/mol. The van der Waals surface area contributed by atoms with Crippen molar-refractivity contribution in [3.8, 4) is 0 Å². The second kappa shape index (κ2) is 5.64. The third kappa shape index (κ3) is 2.83. The number of hydrogen-bond acceptors (Lipinski definition) is 5. The molecular weight excluding hydrogens is 262 g/mol. The average Bonchev–Trinajstić information content (AvgIpc) is 2.79. The number of nitrogens with one attached hydrogen (secondary N) is 1. The molecule has 1 fully saturated rings. The van der Waals surface area contributed by atoms with Crippen LogP contribution in [0.4, 0.5) is 5.69 Å². The first-order valence-electron chi connectivity index (χ1n) is 6.39. The van der Waals surface area contributed by atoms with Gasteiger partial charge in [-0.2, -0.15) is 0 Å². The van der Waals surface area contributed by atoms with Crippen LogP contribution in [0.5, 0.6) is 0 Å². The maximum Gasteiger partial charge on any atom is 0.354 e. The van der Waals surface area contributed by atoms with E-state index in [4.69, 9.17) is 10.5 Å². The van der Waals surface area contributed by atoms with Crippen molar-refractivity contribution in [1.29, 1.82) is 0 Å². The van der Waals surface area contributed by atoms with Gasteiger partial charge in [0.15, 0.2) is 0 Å². The Kier molecular flexibility index (Phi) is 4.10. The zero-order valence-corrected chi connectivity index (χ0v) is 11.6. The summed E-state index contributed by atoms with van der Waals surface area (Å²) in [7, 11) is 3.01. The van der Waals surface area contributed by atoms with Crippen molar-refractivity contribution < 1.29 is 19.1 Å². The summed E-state index contributed by atoms with van der Waals surface area (Å²) in [4.78, 5) is 23.7. The second-order valence-corrected chi connectivity index (χ2v) is 4.94. The number of hydrogen-bond donors (Lipinski definition) is 2. The number of methoxy groups -OCH3 is 1. The topological polar surface area (TPSA) is 95.6 Å². The Labute approximate surface area is 117 Å². The lowest BCUT2D eigenvalue weighted by Gasteiger charge is -2.31. The molecule has 1 aromatic rings. The molecule has 20 heavy (non-hydrogen) atoms. The maximum atomic E-state index is 12.2. The van der Waals surface area contributed by atoms with Gasteiger partial charge in [0, 0.05) is 26.5 Å². The third-order valence-corrected chi connectivity index (χ3v) is 3.49. The number of nitrogens with two attached hydrogens (primary N) is 1. The highest BCUT2D eigenvalue weighted by Gasteiger charge is 2.36. The second-order valence-electron chi connectivity index (χ2n) is 4.94. The van der Waals surface area contributed by atoms with Crippen molar-refractivity contribution >= 4 is 17.6 Å². The molecule has 2 heterocycles. The fourth-order valence-electron chi connectivity index (χ4n) is 2.16. The molecule has 0 unspecified atom stereocenters. The molecule has 1 aliphatic rings. The van der Waals surface area contributed by atoms with Crippen molar-refractivity contribution in [2.24, 2.45) is 12.8 Å². The van der Waals surface area contributed by atoms with E-state index < -0.39 is 11.5 Å². The lowest BCUT2D eigenvalue weighted by atomic mass is 9.90. The first kappa shape index (κ1) is 14.5. The minimum absolute atomic E-state index is 0.261. The molecular formula is C13H19N3O4. The fourth-order valence-corrected chi connectivity index (χ4v) is 2.16. The Bertz CT molecular complexity index is 518.